The topological polar surface area (TPSA) is 52.6 Å². The molecule has 0 atom stereocenters. The molecule has 0 heterocycles. The van der Waals surface area contributed by atoms with E-state index >= 15 is 0 Å². The van der Waals surface area contributed by atoms with Crippen molar-refractivity contribution in [3.63, 3.8) is 0 Å². The van der Waals surface area contributed by atoms with E-state index < -0.39 is 11.8 Å². The van der Waals surface area contributed by atoms with Gasteiger partial charge in [-0.25, -0.2) is 4.79 Å². The highest BCUT2D eigenvalue weighted by atomic mass is 32.2. The number of nitrogens with zero attached hydrogens (tertiary/aromatic N) is 1. The van der Waals surface area contributed by atoms with Crippen molar-refractivity contribution in [3.05, 3.63) is 24.3 Å². The molecule has 0 spiro atoms. The average Bonchev–Trinajstić information content (AvgIpc) is 2.37. The number of urea groups is 1. The highest BCUT2D eigenvalue weighted by Gasteiger charge is 2.14. The maximum Gasteiger partial charge on any atom is 0.321 e. The molecule has 0 saturated heterocycles. The Balaban J connectivity index is 2.78. The molecule has 0 aliphatic heterocycles. The van der Waals surface area contributed by atoms with Gasteiger partial charge in [-0.15, -0.1) is 0 Å². The van der Waals surface area contributed by atoms with Crippen LogP contribution in [0.5, 0.6) is 0 Å². The summed E-state index contributed by atoms with van der Waals surface area (Å²) in [5, 5.41) is 11.4. The van der Waals surface area contributed by atoms with Gasteiger partial charge in [0.05, 0.1) is 12.3 Å². The summed E-state index contributed by atoms with van der Waals surface area (Å²) in [6.45, 7) is 2.26. The van der Waals surface area contributed by atoms with Crippen molar-refractivity contribution in [2.75, 3.05) is 25.0 Å². The minimum Gasteiger partial charge on any atom is -0.395 e. The standard InChI is InChI=1S/C12H16F2N2O2S/c1-2-16(7-8-17)12(18)15-9-5-3-4-6-10(9)19-11(13)14/h3-6,11,17H,2,7-8H2,1H3,(H,15,18). The number of hydrogen-bond donors (Lipinski definition) is 2. The van der Waals surface area contributed by atoms with Gasteiger partial charge in [0.15, 0.2) is 0 Å². The fourth-order valence-corrected chi connectivity index (χ4v) is 2.08. The van der Waals surface area contributed by atoms with Gasteiger partial charge < -0.3 is 15.3 Å². The normalized spacial score (nSPS) is 10.6. The Morgan fingerprint density at radius 2 is 2.16 bits per heavy atom. The summed E-state index contributed by atoms with van der Waals surface area (Å²) >= 11 is 0.384. The van der Waals surface area contributed by atoms with Gasteiger partial charge in [-0.05, 0) is 19.1 Å². The number of para-hydroxylation sites is 1. The lowest BCUT2D eigenvalue weighted by atomic mass is 10.3. The highest BCUT2D eigenvalue weighted by molar-refractivity contribution is 7.99. The number of amides is 2. The lowest BCUT2D eigenvalue weighted by Crippen LogP contribution is -2.36. The molecular formula is C12H16F2N2O2S. The van der Waals surface area contributed by atoms with Gasteiger partial charge in [-0.1, -0.05) is 23.9 Å². The van der Waals surface area contributed by atoms with E-state index in [0.29, 0.717) is 28.9 Å². The van der Waals surface area contributed by atoms with E-state index in [9.17, 15) is 13.6 Å². The molecule has 0 unspecified atom stereocenters. The summed E-state index contributed by atoms with van der Waals surface area (Å²) in [4.78, 5) is 13.6. The van der Waals surface area contributed by atoms with Crippen LogP contribution in [-0.2, 0) is 0 Å². The Labute approximate surface area is 114 Å². The lowest BCUT2D eigenvalue weighted by Gasteiger charge is -2.21. The quantitative estimate of drug-likeness (QED) is 0.792. The van der Waals surface area contributed by atoms with Crippen LogP contribution in [-0.4, -0.2) is 41.5 Å². The van der Waals surface area contributed by atoms with Gasteiger partial charge in [-0.3, -0.25) is 0 Å². The Kier molecular flexibility index (Phi) is 6.58. The molecule has 1 rings (SSSR count). The number of nitrogens with one attached hydrogen (secondary N) is 1. The molecule has 0 bridgehead atoms. The van der Waals surface area contributed by atoms with E-state index in [1.165, 1.54) is 11.0 Å². The van der Waals surface area contributed by atoms with Crippen LogP contribution < -0.4 is 5.32 Å². The third-order valence-electron chi connectivity index (χ3n) is 2.38. The first-order chi connectivity index (χ1) is 9.08. The van der Waals surface area contributed by atoms with E-state index in [-0.39, 0.29) is 13.2 Å². The Morgan fingerprint density at radius 1 is 1.47 bits per heavy atom. The summed E-state index contributed by atoms with van der Waals surface area (Å²) in [6.07, 6.45) is 0. The Hall–Kier alpha value is -1.34. The van der Waals surface area contributed by atoms with Gasteiger partial charge in [0, 0.05) is 18.0 Å². The molecule has 2 N–H and O–H groups in total. The number of rotatable bonds is 6. The van der Waals surface area contributed by atoms with Gasteiger partial charge in [0.1, 0.15) is 0 Å². The fraction of sp³-hybridized carbons (Fsp3) is 0.417. The molecular weight excluding hydrogens is 274 g/mol. The number of hydrogen-bond acceptors (Lipinski definition) is 3. The van der Waals surface area contributed by atoms with Gasteiger partial charge in [0.25, 0.3) is 5.76 Å². The van der Waals surface area contributed by atoms with Crippen LogP contribution in [0.25, 0.3) is 0 Å². The van der Waals surface area contributed by atoms with Crippen LogP contribution in [0.2, 0.25) is 0 Å². The van der Waals surface area contributed by atoms with Crippen molar-refractivity contribution in [2.24, 2.45) is 0 Å². The van der Waals surface area contributed by atoms with Crippen molar-refractivity contribution in [2.45, 2.75) is 17.6 Å². The number of anilines is 1. The van der Waals surface area contributed by atoms with Crippen molar-refractivity contribution in [1.82, 2.24) is 4.90 Å². The largest absolute Gasteiger partial charge is 0.395 e. The molecule has 7 heteroatoms. The second-order valence-electron chi connectivity index (χ2n) is 3.61. The van der Waals surface area contributed by atoms with Crippen LogP contribution in [0.3, 0.4) is 0 Å². The smallest absolute Gasteiger partial charge is 0.321 e. The fourth-order valence-electron chi connectivity index (χ4n) is 1.49. The average molecular weight is 290 g/mol. The van der Waals surface area contributed by atoms with E-state index in [1.807, 2.05) is 0 Å². The van der Waals surface area contributed by atoms with Gasteiger partial charge >= 0.3 is 6.03 Å². The summed E-state index contributed by atoms with van der Waals surface area (Å²) < 4.78 is 24.8. The van der Waals surface area contributed by atoms with Crippen molar-refractivity contribution in [1.29, 1.82) is 0 Å². The van der Waals surface area contributed by atoms with E-state index in [0.717, 1.165) is 0 Å². The molecule has 0 aromatic heterocycles. The van der Waals surface area contributed by atoms with Gasteiger partial charge in [0.2, 0.25) is 0 Å². The zero-order valence-electron chi connectivity index (χ0n) is 10.5. The minimum absolute atomic E-state index is 0.144. The second kappa shape index (κ2) is 7.96. The molecule has 19 heavy (non-hydrogen) atoms. The number of benzene rings is 1. The molecule has 4 nitrogen and oxygen atoms in total. The summed E-state index contributed by atoms with van der Waals surface area (Å²) in [5.74, 6) is -2.54. The number of thioether (sulfide) groups is 1. The highest BCUT2D eigenvalue weighted by Crippen LogP contribution is 2.31. The summed E-state index contributed by atoms with van der Waals surface area (Å²) in [5.41, 5.74) is 0.342. The SMILES string of the molecule is CCN(CCO)C(=O)Nc1ccccc1SC(F)F. The first kappa shape index (κ1) is 15.7. The van der Waals surface area contributed by atoms with Crippen LogP contribution in [0.15, 0.2) is 29.2 Å². The third-order valence-corrected chi connectivity index (χ3v) is 3.17. The van der Waals surface area contributed by atoms with Crippen LogP contribution in [0, 0.1) is 0 Å². The van der Waals surface area contributed by atoms with E-state index in [1.54, 1.807) is 25.1 Å². The Morgan fingerprint density at radius 3 is 2.74 bits per heavy atom. The number of carbonyl (C=O) groups is 1. The number of halogens is 2. The van der Waals surface area contributed by atoms with Crippen LogP contribution >= 0.6 is 11.8 Å². The lowest BCUT2D eigenvalue weighted by molar-refractivity contribution is 0.192. The molecule has 0 fully saturated rings. The van der Waals surface area contributed by atoms with Crippen molar-refractivity contribution < 1.29 is 18.7 Å². The monoisotopic (exact) mass is 290 g/mol. The Bertz CT molecular complexity index is 418. The van der Waals surface area contributed by atoms with Crippen LogP contribution in [0.4, 0.5) is 19.3 Å². The molecule has 1 aromatic rings. The molecule has 106 valence electrons. The zero-order chi connectivity index (χ0) is 14.3. The minimum atomic E-state index is -2.54. The number of carbonyl (C=O) groups excluding carboxylic acids is 1. The second-order valence-corrected chi connectivity index (χ2v) is 4.64. The molecule has 0 aliphatic carbocycles. The predicted octanol–water partition coefficient (Wildman–Crippen LogP) is 2.85. The first-order valence-corrected chi connectivity index (χ1v) is 6.67. The van der Waals surface area contributed by atoms with Crippen molar-refractivity contribution >= 4 is 23.5 Å². The first-order valence-electron chi connectivity index (χ1n) is 5.79. The predicted molar refractivity (Wildman–Crippen MR) is 71.7 cm³/mol. The molecule has 0 aliphatic rings. The third kappa shape index (κ3) is 5.04. The molecule has 0 radical (unpaired) electrons. The van der Waals surface area contributed by atoms with Crippen molar-refractivity contribution in [3.8, 4) is 0 Å². The number of aliphatic hydroxyl groups excluding tert-OH is 1. The van der Waals surface area contributed by atoms with E-state index in [4.69, 9.17) is 5.11 Å². The number of aliphatic hydroxyl groups is 1. The maximum absolute atomic E-state index is 12.4. The van der Waals surface area contributed by atoms with E-state index in [2.05, 4.69) is 5.32 Å². The summed E-state index contributed by atoms with van der Waals surface area (Å²) in [6, 6.07) is 5.96. The molecule has 0 saturated carbocycles. The summed E-state index contributed by atoms with van der Waals surface area (Å²) in [7, 11) is 0. The zero-order valence-corrected chi connectivity index (χ0v) is 11.3. The number of likely N-dealkylation sites (N-methyl/N-ethyl adjacent to an activating group) is 1. The number of alkyl halides is 2. The molecule has 2 amide bonds. The maximum atomic E-state index is 12.4. The molecule has 1 aromatic carbocycles. The van der Waals surface area contributed by atoms with Crippen LogP contribution in [0.1, 0.15) is 6.92 Å². The van der Waals surface area contributed by atoms with Gasteiger partial charge in [-0.2, -0.15) is 8.78 Å².